The fraction of sp³-hybridized carbons (Fsp3) is 0.562. The van der Waals surface area contributed by atoms with Gasteiger partial charge in [-0.05, 0) is 52.1 Å². The molecule has 4 heteroatoms. The van der Waals surface area contributed by atoms with Crippen LogP contribution >= 0.6 is 0 Å². The summed E-state index contributed by atoms with van der Waals surface area (Å²) in [6.07, 6.45) is 2.35. The van der Waals surface area contributed by atoms with Crippen LogP contribution in [0.3, 0.4) is 0 Å². The van der Waals surface area contributed by atoms with Crippen molar-refractivity contribution in [3.05, 3.63) is 35.9 Å². The van der Waals surface area contributed by atoms with Gasteiger partial charge in [-0.1, -0.05) is 30.3 Å². The van der Waals surface area contributed by atoms with Crippen molar-refractivity contribution >= 4 is 5.97 Å². The number of hydrogen-bond acceptors (Lipinski definition) is 4. The Hall–Kier alpha value is -1.39. The maximum absolute atomic E-state index is 11.6. The molecule has 4 nitrogen and oxygen atoms in total. The minimum Gasteiger partial charge on any atom is -0.458 e. The largest absolute Gasteiger partial charge is 0.458 e. The number of ether oxygens (including phenoxy) is 1. The Balaban J connectivity index is 2.13. The van der Waals surface area contributed by atoms with Crippen LogP contribution in [-0.2, 0) is 16.0 Å². The van der Waals surface area contributed by atoms with Crippen molar-refractivity contribution < 1.29 is 9.53 Å². The van der Waals surface area contributed by atoms with Crippen LogP contribution in [0.4, 0.5) is 0 Å². The van der Waals surface area contributed by atoms with Gasteiger partial charge in [0.1, 0.15) is 5.60 Å². The number of benzene rings is 1. The third-order valence-corrected chi connectivity index (χ3v) is 2.76. The van der Waals surface area contributed by atoms with E-state index in [2.05, 4.69) is 17.4 Å². The monoisotopic (exact) mass is 278 g/mol. The molecule has 0 aromatic heterocycles. The molecule has 112 valence electrons. The van der Waals surface area contributed by atoms with E-state index < -0.39 is 17.7 Å². The van der Waals surface area contributed by atoms with Gasteiger partial charge in [0.05, 0.1) is 0 Å². The zero-order valence-electron chi connectivity index (χ0n) is 12.7. The summed E-state index contributed by atoms with van der Waals surface area (Å²) in [7, 11) is 0. The summed E-state index contributed by atoms with van der Waals surface area (Å²) in [6.45, 7) is 6.21. The van der Waals surface area contributed by atoms with E-state index in [1.54, 1.807) is 0 Å². The zero-order valence-corrected chi connectivity index (χ0v) is 12.7. The first kappa shape index (κ1) is 16.7. The van der Waals surface area contributed by atoms with Crippen LogP contribution in [0.5, 0.6) is 0 Å². The van der Waals surface area contributed by atoms with Crippen LogP contribution in [0.1, 0.15) is 39.2 Å². The summed E-state index contributed by atoms with van der Waals surface area (Å²) in [5.74, 6) is -0.402. The molecule has 0 fully saturated rings. The molecule has 1 atom stereocenters. The predicted octanol–water partition coefficient (Wildman–Crippen LogP) is 2.23. The van der Waals surface area contributed by atoms with Crippen molar-refractivity contribution in [2.24, 2.45) is 5.73 Å². The number of aryl methyl sites for hydroxylation is 1. The Labute approximate surface area is 121 Å². The smallest absolute Gasteiger partial charge is 0.338 e. The van der Waals surface area contributed by atoms with Gasteiger partial charge in [0.15, 0.2) is 6.17 Å². The Morgan fingerprint density at radius 1 is 1.25 bits per heavy atom. The van der Waals surface area contributed by atoms with Gasteiger partial charge >= 0.3 is 5.97 Å². The summed E-state index contributed by atoms with van der Waals surface area (Å²) in [5.41, 5.74) is 6.57. The van der Waals surface area contributed by atoms with Gasteiger partial charge in [-0.2, -0.15) is 0 Å². The van der Waals surface area contributed by atoms with Gasteiger partial charge < -0.3 is 10.5 Å². The second-order valence-corrected chi connectivity index (χ2v) is 5.91. The highest BCUT2D eigenvalue weighted by Crippen LogP contribution is 2.07. The van der Waals surface area contributed by atoms with Crippen LogP contribution in [0.2, 0.25) is 0 Å². The number of esters is 1. The van der Waals surface area contributed by atoms with Crippen molar-refractivity contribution in [3.63, 3.8) is 0 Å². The van der Waals surface area contributed by atoms with Crippen molar-refractivity contribution in [1.82, 2.24) is 5.32 Å². The fourth-order valence-corrected chi connectivity index (χ4v) is 1.80. The minimum absolute atomic E-state index is 0.402. The van der Waals surface area contributed by atoms with Crippen molar-refractivity contribution in [1.29, 1.82) is 0 Å². The third-order valence-electron chi connectivity index (χ3n) is 2.76. The van der Waals surface area contributed by atoms with Gasteiger partial charge in [0, 0.05) is 0 Å². The molecular formula is C16H26N2O2. The van der Waals surface area contributed by atoms with Crippen LogP contribution in [0.15, 0.2) is 30.3 Å². The molecule has 0 radical (unpaired) electrons. The number of carbonyl (C=O) groups excluding carboxylic acids is 1. The average Bonchev–Trinajstić information content (AvgIpc) is 2.37. The molecule has 1 aromatic carbocycles. The highest BCUT2D eigenvalue weighted by Gasteiger charge is 2.21. The number of unbranched alkanes of at least 4 members (excludes halogenated alkanes) is 1. The van der Waals surface area contributed by atoms with Crippen molar-refractivity contribution in [2.75, 3.05) is 6.54 Å². The Bertz CT molecular complexity index is 399. The fourth-order valence-electron chi connectivity index (χ4n) is 1.80. The number of nitrogens with two attached hydrogens (primary N) is 1. The first-order chi connectivity index (χ1) is 9.38. The standard InChI is InChI=1S/C16H26N2O2/c1-16(2,3)20-15(19)14(17)18-12-8-7-11-13-9-5-4-6-10-13/h4-6,9-10,14,18H,7-8,11-12,17H2,1-3H3. The van der Waals surface area contributed by atoms with E-state index in [4.69, 9.17) is 10.5 Å². The summed E-state index contributed by atoms with van der Waals surface area (Å²) in [4.78, 5) is 11.6. The van der Waals surface area contributed by atoms with E-state index in [0.717, 1.165) is 19.3 Å². The molecule has 0 aliphatic heterocycles. The van der Waals surface area contributed by atoms with Crippen LogP contribution < -0.4 is 11.1 Å². The Kier molecular flexibility index (Phi) is 6.68. The SMILES string of the molecule is CC(C)(C)OC(=O)C(N)NCCCCc1ccccc1. The van der Waals surface area contributed by atoms with E-state index in [1.165, 1.54) is 5.56 Å². The maximum atomic E-state index is 11.6. The molecule has 0 saturated carbocycles. The second kappa shape index (κ2) is 8.02. The summed E-state index contributed by atoms with van der Waals surface area (Å²) in [5, 5.41) is 2.99. The predicted molar refractivity (Wildman–Crippen MR) is 81.2 cm³/mol. The topological polar surface area (TPSA) is 64.3 Å². The van der Waals surface area contributed by atoms with Gasteiger partial charge in [-0.15, -0.1) is 0 Å². The lowest BCUT2D eigenvalue weighted by atomic mass is 10.1. The molecule has 0 aliphatic rings. The number of carbonyl (C=O) groups is 1. The van der Waals surface area contributed by atoms with Crippen molar-refractivity contribution in [3.8, 4) is 0 Å². The lowest BCUT2D eigenvalue weighted by Crippen LogP contribution is -2.47. The van der Waals surface area contributed by atoms with Gasteiger partial charge in [0.2, 0.25) is 0 Å². The maximum Gasteiger partial charge on any atom is 0.338 e. The molecule has 0 heterocycles. The van der Waals surface area contributed by atoms with Gasteiger partial charge in [-0.25, -0.2) is 4.79 Å². The van der Waals surface area contributed by atoms with Crippen LogP contribution in [0, 0.1) is 0 Å². The second-order valence-electron chi connectivity index (χ2n) is 5.91. The zero-order chi connectivity index (χ0) is 15.0. The van der Waals surface area contributed by atoms with Crippen LogP contribution in [0.25, 0.3) is 0 Å². The number of rotatable bonds is 7. The molecule has 1 rings (SSSR count). The average molecular weight is 278 g/mol. The van der Waals surface area contributed by atoms with E-state index in [1.807, 2.05) is 39.0 Å². The van der Waals surface area contributed by atoms with Gasteiger partial charge in [0.25, 0.3) is 0 Å². The van der Waals surface area contributed by atoms with Gasteiger partial charge in [-0.3, -0.25) is 5.32 Å². The molecule has 0 aliphatic carbocycles. The molecule has 0 bridgehead atoms. The first-order valence-corrected chi connectivity index (χ1v) is 7.14. The lowest BCUT2D eigenvalue weighted by Gasteiger charge is -2.22. The Morgan fingerprint density at radius 3 is 2.50 bits per heavy atom. The highest BCUT2D eigenvalue weighted by atomic mass is 16.6. The third kappa shape index (κ3) is 7.26. The molecular weight excluding hydrogens is 252 g/mol. The quantitative estimate of drug-likeness (QED) is 0.456. The van der Waals surface area contributed by atoms with Crippen LogP contribution in [-0.4, -0.2) is 24.3 Å². The normalized spacial score (nSPS) is 13.0. The molecule has 0 saturated heterocycles. The molecule has 0 spiro atoms. The molecule has 1 unspecified atom stereocenters. The summed E-state index contributed by atoms with van der Waals surface area (Å²) < 4.78 is 5.20. The molecule has 3 N–H and O–H groups in total. The lowest BCUT2D eigenvalue weighted by molar-refractivity contribution is -0.157. The van der Waals surface area contributed by atoms with Crippen molar-refractivity contribution in [2.45, 2.75) is 51.8 Å². The molecule has 1 aromatic rings. The molecule has 0 amide bonds. The minimum atomic E-state index is -0.744. The summed E-state index contributed by atoms with van der Waals surface area (Å²) >= 11 is 0. The highest BCUT2D eigenvalue weighted by molar-refractivity contribution is 5.75. The summed E-state index contributed by atoms with van der Waals surface area (Å²) in [6, 6.07) is 10.4. The Morgan fingerprint density at radius 2 is 1.90 bits per heavy atom. The first-order valence-electron chi connectivity index (χ1n) is 7.14. The number of nitrogens with one attached hydrogen (secondary N) is 1. The van der Waals surface area contributed by atoms with E-state index in [-0.39, 0.29) is 0 Å². The van der Waals surface area contributed by atoms with E-state index >= 15 is 0 Å². The van der Waals surface area contributed by atoms with E-state index in [0.29, 0.717) is 6.54 Å². The van der Waals surface area contributed by atoms with E-state index in [9.17, 15) is 4.79 Å². The molecule has 20 heavy (non-hydrogen) atoms. The number of hydrogen-bond donors (Lipinski definition) is 2.